The molecule has 100 valence electrons. The zero-order valence-corrected chi connectivity index (χ0v) is 11.3. The maximum Gasteiger partial charge on any atom is 0.148 e. The van der Waals surface area contributed by atoms with Crippen molar-refractivity contribution in [3.63, 3.8) is 0 Å². The Morgan fingerprint density at radius 1 is 1.16 bits per heavy atom. The molecule has 0 aliphatic rings. The molecule has 19 heavy (non-hydrogen) atoms. The van der Waals surface area contributed by atoms with Gasteiger partial charge in [-0.1, -0.05) is 32.0 Å². The first-order valence-corrected chi connectivity index (χ1v) is 6.52. The molecule has 2 nitrogen and oxygen atoms in total. The van der Waals surface area contributed by atoms with Gasteiger partial charge in [-0.2, -0.15) is 0 Å². The number of nitrogen functional groups attached to an aromatic ring is 1. The van der Waals surface area contributed by atoms with E-state index in [-0.39, 0.29) is 5.69 Å². The summed E-state index contributed by atoms with van der Waals surface area (Å²) in [6.45, 7) is 4.37. The van der Waals surface area contributed by atoms with E-state index in [1.165, 1.54) is 11.6 Å². The minimum absolute atomic E-state index is 0.147. The van der Waals surface area contributed by atoms with Crippen molar-refractivity contribution in [3.8, 4) is 0 Å². The SMILES string of the molecule is CCC(C)c1ccc(Nc2cccc(F)c2N)cc1. The Morgan fingerprint density at radius 2 is 1.84 bits per heavy atom. The van der Waals surface area contributed by atoms with Crippen molar-refractivity contribution in [1.82, 2.24) is 0 Å². The third-order valence-corrected chi connectivity index (χ3v) is 3.42. The molecule has 0 aromatic heterocycles. The Balaban J connectivity index is 2.18. The molecule has 0 saturated heterocycles. The fourth-order valence-electron chi connectivity index (χ4n) is 1.93. The maximum atomic E-state index is 13.3. The lowest BCUT2D eigenvalue weighted by Gasteiger charge is -2.12. The van der Waals surface area contributed by atoms with E-state index in [9.17, 15) is 4.39 Å². The number of nitrogens with two attached hydrogens (primary N) is 1. The topological polar surface area (TPSA) is 38.0 Å². The molecule has 0 aliphatic heterocycles. The van der Waals surface area contributed by atoms with Crippen LogP contribution in [0.3, 0.4) is 0 Å². The lowest BCUT2D eigenvalue weighted by molar-refractivity contribution is 0.633. The van der Waals surface area contributed by atoms with Crippen LogP contribution in [0, 0.1) is 5.82 Å². The van der Waals surface area contributed by atoms with E-state index < -0.39 is 5.82 Å². The monoisotopic (exact) mass is 258 g/mol. The third-order valence-electron chi connectivity index (χ3n) is 3.42. The van der Waals surface area contributed by atoms with Crippen LogP contribution in [0.5, 0.6) is 0 Å². The molecule has 0 spiro atoms. The molecule has 0 saturated carbocycles. The molecule has 0 radical (unpaired) electrons. The summed E-state index contributed by atoms with van der Waals surface area (Å²) < 4.78 is 13.3. The van der Waals surface area contributed by atoms with Gasteiger partial charge in [0.2, 0.25) is 0 Å². The molecule has 0 bridgehead atoms. The van der Waals surface area contributed by atoms with Gasteiger partial charge in [0.1, 0.15) is 5.82 Å². The van der Waals surface area contributed by atoms with Crippen LogP contribution in [-0.2, 0) is 0 Å². The van der Waals surface area contributed by atoms with Crippen molar-refractivity contribution >= 4 is 17.1 Å². The van der Waals surface area contributed by atoms with Gasteiger partial charge in [0.05, 0.1) is 11.4 Å². The van der Waals surface area contributed by atoms with Gasteiger partial charge in [-0.3, -0.25) is 0 Å². The number of anilines is 3. The zero-order valence-electron chi connectivity index (χ0n) is 11.3. The Labute approximate surface area is 113 Å². The highest BCUT2D eigenvalue weighted by atomic mass is 19.1. The van der Waals surface area contributed by atoms with Crippen LogP contribution in [0.1, 0.15) is 31.7 Å². The van der Waals surface area contributed by atoms with E-state index in [0.29, 0.717) is 11.6 Å². The summed E-state index contributed by atoms with van der Waals surface area (Å²) in [5, 5.41) is 3.13. The standard InChI is InChI=1S/C16H19FN2/c1-3-11(2)12-7-9-13(10-8-12)19-15-6-4-5-14(17)16(15)18/h4-11,19H,3,18H2,1-2H3. The van der Waals surface area contributed by atoms with Crippen LogP contribution in [0.2, 0.25) is 0 Å². The summed E-state index contributed by atoms with van der Waals surface area (Å²) in [5.74, 6) is 0.148. The fraction of sp³-hybridized carbons (Fsp3) is 0.250. The summed E-state index contributed by atoms with van der Waals surface area (Å²) in [5.41, 5.74) is 8.65. The average Bonchev–Trinajstić information content (AvgIpc) is 2.44. The molecule has 1 atom stereocenters. The second kappa shape index (κ2) is 5.74. The first kappa shape index (κ1) is 13.4. The molecule has 2 rings (SSSR count). The van der Waals surface area contributed by atoms with Gasteiger partial charge in [-0.05, 0) is 42.2 Å². The van der Waals surface area contributed by atoms with Crippen molar-refractivity contribution in [3.05, 3.63) is 53.8 Å². The zero-order chi connectivity index (χ0) is 13.8. The Hall–Kier alpha value is -2.03. The van der Waals surface area contributed by atoms with E-state index in [2.05, 4.69) is 31.3 Å². The van der Waals surface area contributed by atoms with Gasteiger partial charge in [0, 0.05) is 5.69 Å². The van der Waals surface area contributed by atoms with Crippen molar-refractivity contribution < 1.29 is 4.39 Å². The molecular formula is C16H19FN2. The van der Waals surface area contributed by atoms with Gasteiger partial charge in [-0.15, -0.1) is 0 Å². The van der Waals surface area contributed by atoms with Crippen LogP contribution in [0.15, 0.2) is 42.5 Å². The van der Waals surface area contributed by atoms with E-state index in [1.54, 1.807) is 12.1 Å². The van der Waals surface area contributed by atoms with Gasteiger partial charge < -0.3 is 11.1 Å². The summed E-state index contributed by atoms with van der Waals surface area (Å²) in [6.07, 6.45) is 1.11. The Kier molecular flexibility index (Phi) is 4.05. The number of nitrogens with one attached hydrogen (secondary N) is 1. The highest BCUT2D eigenvalue weighted by Gasteiger charge is 2.05. The second-order valence-electron chi connectivity index (χ2n) is 4.76. The van der Waals surface area contributed by atoms with Gasteiger partial charge in [0.15, 0.2) is 0 Å². The Morgan fingerprint density at radius 3 is 2.47 bits per heavy atom. The fourth-order valence-corrected chi connectivity index (χ4v) is 1.93. The molecule has 3 heteroatoms. The number of halogens is 1. The lowest BCUT2D eigenvalue weighted by atomic mass is 9.98. The van der Waals surface area contributed by atoms with E-state index in [1.807, 2.05) is 12.1 Å². The largest absolute Gasteiger partial charge is 0.395 e. The first-order valence-electron chi connectivity index (χ1n) is 6.52. The van der Waals surface area contributed by atoms with Crippen LogP contribution in [0.25, 0.3) is 0 Å². The molecule has 3 N–H and O–H groups in total. The van der Waals surface area contributed by atoms with Crippen LogP contribution in [-0.4, -0.2) is 0 Å². The Bertz CT molecular complexity index is 549. The third kappa shape index (κ3) is 3.05. The minimum Gasteiger partial charge on any atom is -0.395 e. The normalized spacial score (nSPS) is 12.2. The van der Waals surface area contributed by atoms with Crippen LogP contribution >= 0.6 is 0 Å². The van der Waals surface area contributed by atoms with Crippen molar-refractivity contribution in [2.24, 2.45) is 0 Å². The number of benzene rings is 2. The summed E-state index contributed by atoms with van der Waals surface area (Å²) >= 11 is 0. The number of hydrogen-bond acceptors (Lipinski definition) is 2. The smallest absolute Gasteiger partial charge is 0.148 e. The molecule has 0 amide bonds. The summed E-state index contributed by atoms with van der Waals surface area (Å²) in [6, 6.07) is 12.9. The van der Waals surface area contributed by atoms with Gasteiger partial charge >= 0.3 is 0 Å². The van der Waals surface area contributed by atoms with Crippen molar-refractivity contribution in [2.45, 2.75) is 26.2 Å². The highest BCUT2D eigenvalue weighted by Crippen LogP contribution is 2.26. The summed E-state index contributed by atoms with van der Waals surface area (Å²) in [4.78, 5) is 0. The quantitative estimate of drug-likeness (QED) is 0.782. The number of para-hydroxylation sites is 1. The highest BCUT2D eigenvalue weighted by molar-refractivity contribution is 5.72. The van der Waals surface area contributed by atoms with Crippen LogP contribution < -0.4 is 11.1 Å². The number of rotatable bonds is 4. The second-order valence-corrected chi connectivity index (χ2v) is 4.76. The van der Waals surface area contributed by atoms with Gasteiger partial charge in [-0.25, -0.2) is 4.39 Å². The molecular weight excluding hydrogens is 239 g/mol. The molecule has 0 aliphatic carbocycles. The van der Waals surface area contributed by atoms with Gasteiger partial charge in [0.25, 0.3) is 0 Å². The molecule has 0 heterocycles. The van der Waals surface area contributed by atoms with E-state index in [0.717, 1.165) is 12.1 Å². The number of hydrogen-bond donors (Lipinski definition) is 2. The minimum atomic E-state index is -0.402. The summed E-state index contributed by atoms with van der Waals surface area (Å²) in [7, 11) is 0. The van der Waals surface area contributed by atoms with Crippen molar-refractivity contribution in [1.29, 1.82) is 0 Å². The predicted molar refractivity (Wildman–Crippen MR) is 79.2 cm³/mol. The molecule has 0 fully saturated rings. The first-order chi connectivity index (χ1) is 9.11. The molecule has 2 aromatic rings. The van der Waals surface area contributed by atoms with E-state index >= 15 is 0 Å². The molecule has 1 unspecified atom stereocenters. The average molecular weight is 258 g/mol. The maximum absolute atomic E-state index is 13.3. The predicted octanol–water partition coefficient (Wildman–Crippen LogP) is 4.67. The van der Waals surface area contributed by atoms with Crippen LogP contribution in [0.4, 0.5) is 21.5 Å². The van der Waals surface area contributed by atoms with Crippen molar-refractivity contribution in [2.75, 3.05) is 11.1 Å². The lowest BCUT2D eigenvalue weighted by Crippen LogP contribution is -1.99. The van der Waals surface area contributed by atoms with E-state index in [4.69, 9.17) is 5.73 Å². The molecule has 2 aromatic carbocycles.